The van der Waals surface area contributed by atoms with Gasteiger partial charge in [-0.3, -0.25) is 0 Å². The molecule has 0 radical (unpaired) electrons. The summed E-state index contributed by atoms with van der Waals surface area (Å²) in [4.78, 5) is 0. The fourth-order valence-electron chi connectivity index (χ4n) is 4.54. The van der Waals surface area contributed by atoms with Crippen LogP contribution >= 0.6 is 0 Å². The number of aliphatic hydroxyl groups is 1. The summed E-state index contributed by atoms with van der Waals surface area (Å²) in [5.74, 6) is -0.0538. The molecule has 1 saturated heterocycles. The van der Waals surface area contributed by atoms with E-state index in [1.165, 1.54) is 0 Å². The number of aliphatic hydroxyl groups excluding tert-OH is 1. The molecule has 0 saturated carbocycles. The summed E-state index contributed by atoms with van der Waals surface area (Å²) in [7, 11) is 1.59. The molecule has 6 heteroatoms. The van der Waals surface area contributed by atoms with Gasteiger partial charge in [-0.25, -0.2) is 0 Å². The zero-order chi connectivity index (χ0) is 26.0. The minimum absolute atomic E-state index is 0.0538. The van der Waals surface area contributed by atoms with Gasteiger partial charge in [0.2, 0.25) is 0 Å². The molecule has 0 bridgehead atoms. The van der Waals surface area contributed by atoms with Gasteiger partial charge < -0.3 is 28.8 Å². The van der Waals surface area contributed by atoms with Crippen molar-refractivity contribution in [2.75, 3.05) is 7.11 Å². The Bertz CT molecular complexity index is 1030. The van der Waals surface area contributed by atoms with Crippen molar-refractivity contribution in [3.63, 3.8) is 0 Å². The van der Waals surface area contributed by atoms with Gasteiger partial charge in [0.15, 0.2) is 6.29 Å². The second-order valence-electron chi connectivity index (χ2n) is 9.72. The van der Waals surface area contributed by atoms with E-state index in [2.05, 4.69) is 0 Å². The highest BCUT2D eigenvalue weighted by Crippen LogP contribution is 2.33. The van der Waals surface area contributed by atoms with Gasteiger partial charge in [-0.2, -0.15) is 0 Å². The van der Waals surface area contributed by atoms with E-state index in [-0.39, 0.29) is 5.92 Å². The molecule has 4 rings (SSSR count). The summed E-state index contributed by atoms with van der Waals surface area (Å²) >= 11 is 0. The van der Waals surface area contributed by atoms with Crippen LogP contribution in [0.4, 0.5) is 0 Å². The average molecular weight is 507 g/mol. The van der Waals surface area contributed by atoms with E-state index in [4.69, 9.17) is 23.7 Å². The Balaban J connectivity index is 1.63. The van der Waals surface area contributed by atoms with Gasteiger partial charge in [-0.1, -0.05) is 105 Å². The predicted molar refractivity (Wildman–Crippen MR) is 142 cm³/mol. The van der Waals surface area contributed by atoms with E-state index in [1.54, 1.807) is 7.11 Å². The number of rotatable bonds is 12. The van der Waals surface area contributed by atoms with Crippen molar-refractivity contribution in [2.24, 2.45) is 5.92 Å². The summed E-state index contributed by atoms with van der Waals surface area (Å²) in [5.41, 5.74) is 3.09. The van der Waals surface area contributed by atoms with Crippen LogP contribution in [-0.4, -0.2) is 49.0 Å². The number of benzene rings is 3. The first-order valence-electron chi connectivity index (χ1n) is 12.9. The molecular weight excluding hydrogens is 468 g/mol. The quantitative estimate of drug-likeness (QED) is 0.367. The van der Waals surface area contributed by atoms with E-state index in [0.717, 1.165) is 16.7 Å². The van der Waals surface area contributed by atoms with E-state index in [1.807, 2.05) is 105 Å². The van der Waals surface area contributed by atoms with Crippen LogP contribution in [0.5, 0.6) is 0 Å². The standard InChI is InChI=1S/C31H38O6/c1-22(2)26(32)27-28(34-19-23-13-7-4-8-14-23)29(35-20-24-15-9-5-10-16-24)30(31(33-3)37-27)36-21-25-17-11-6-12-18-25/h4-18,22,26-32H,19-21H2,1-3H3/t26-,27+,28+,29-,30+,31-/m0/s1. The third-order valence-corrected chi connectivity index (χ3v) is 6.64. The molecule has 0 aromatic heterocycles. The number of methoxy groups -OCH3 is 1. The summed E-state index contributed by atoms with van der Waals surface area (Å²) in [6.07, 6.45) is -3.90. The van der Waals surface area contributed by atoms with E-state index in [9.17, 15) is 5.11 Å². The normalized spacial score (nSPS) is 24.7. The van der Waals surface area contributed by atoms with Crippen LogP contribution in [0.15, 0.2) is 91.0 Å². The molecule has 198 valence electrons. The lowest BCUT2D eigenvalue weighted by Gasteiger charge is -2.47. The topological polar surface area (TPSA) is 66.4 Å². The molecule has 1 heterocycles. The van der Waals surface area contributed by atoms with Crippen LogP contribution in [-0.2, 0) is 43.5 Å². The summed E-state index contributed by atoms with van der Waals surface area (Å²) in [5, 5.41) is 11.2. The van der Waals surface area contributed by atoms with Gasteiger partial charge >= 0.3 is 0 Å². The molecule has 0 amide bonds. The Kier molecular flexibility index (Phi) is 10.3. The van der Waals surface area contributed by atoms with Gasteiger partial charge in [0, 0.05) is 7.11 Å². The second-order valence-corrected chi connectivity index (χ2v) is 9.72. The lowest BCUT2D eigenvalue weighted by Crippen LogP contribution is -2.63. The van der Waals surface area contributed by atoms with Crippen molar-refractivity contribution in [3.05, 3.63) is 108 Å². The van der Waals surface area contributed by atoms with Crippen LogP contribution < -0.4 is 0 Å². The van der Waals surface area contributed by atoms with Gasteiger partial charge in [0.05, 0.1) is 25.9 Å². The summed E-state index contributed by atoms with van der Waals surface area (Å²) in [6, 6.07) is 29.9. The molecule has 1 aliphatic rings. The zero-order valence-corrected chi connectivity index (χ0v) is 21.8. The fraction of sp³-hybridized carbons (Fsp3) is 0.419. The monoisotopic (exact) mass is 506 g/mol. The van der Waals surface area contributed by atoms with Crippen molar-refractivity contribution in [2.45, 2.75) is 70.5 Å². The van der Waals surface area contributed by atoms with Crippen LogP contribution in [0.3, 0.4) is 0 Å². The molecule has 6 atom stereocenters. The fourth-order valence-corrected chi connectivity index (χ4v) is 4.54. The average Bonchev–Trinajstić information content (AvgIpc) is 2.94. The number of hydrogen-bond donors (Lipinski definition) is 1. The molecule has 3 aromatic rings. The van der Waals surface area contributed by atoms with E-state index >= 15 is 0 Å². The Labute approximate surface area is 220 Å². The lowest BCUT2D eigenvalue weighted by molar-refractivity contribution is -0.331. The molecule has 0 unspecified atom stereocenters. The highest BCUT2D eigenvalue weighted by Gasteiger charge is 2.51. The SMILES string of the molecule is CO[C@H]1O[C@H]([C@@H](O)C(C)C)[C@@H](OCc2ccccc2)[C@H](OCc2ccccc2)[C@H]1OCc1ccccc1. The van der Waals surface area contributed by atoms with Crippen molar-refractivity contribution in [1.82, 2.24) is 0 Å². The van der Waals surface area contributed by atoms with Crippen molar-refractivity contribution < 1.29 is 28.8 Å². The van der Waals surface area contributed by atoms with Crippen LogP contribution in [0, 0.1) is 5.92 Å². The van der Waals surface area contributed by atoms with Crippen LogP contribution in [0.2, 0.25) is 0 Å². The van der Waals surface area contributed by atoms with Gasteiger partial charge in [-0.15, -0.1) is 0 Å². The lowest BCUT2D eigenvalue weighted by atomic mass is 9.90. The smallest absolute Gasteiger partial charge is 0.186 e. The molecule has 37 heavy (non-hydrogen) atoms. The Morgan fingerprint density at radius 1 is 0.649 bits per heavy atom. The number of hydrogen-bond acceptors (Lipinski definition) is 6. The second kappa shape index (κ2) is 13.8. The molecular formula is C31H38O6. The largest absolute Gasteiger partial charge is 0.390 e. The third-order valence-electron chi connectivity index (χ3n) is 6.64. The van der Waals surface area contributed by atoms with E-state index < -0.39 is 36.8 Å². The molecule has 6 nitrogen and oxygen atoms in total. The van der Waals surface area contributed by atoms with Crippen molar-refractivity contribution in [3.8, 4) is 0 Å². The molecule has 1 aliphatic heterocycles. The predicted octanol–water partition coefficient (Wildman–Crippen LogP) is 5.13. The Morgan fingerprint density at radius 2 is 1.05 bits per heavy atom. The summed E-state index contributed by atoms with van der Waals surface area (Å²) < 4.78 is 31.5. The minimum Gasteiger partial charge on any atom is -0.390 e. The maximum absolute atomic E-state index is 11.2. The Hall–Kier alpha value is -2.58. The van der Waals surface area contributed by atoms with Crippen molar-refractivity contribution >= 4 is 0 Å². The van der Waals surface area contributed by atoms with Gasteiger partial charge in [0.25, 0.3) is 0 Å². The Morgan fingerprint density at radius 3 is 1.46 bits per heavy atom. The molecule has 0 spiro atoms. The zero-order valence-electron chi connectivity index (χ0n) is 21.8. The van der Waals surface area contributed by atoms with E-state index in [0.29, 0.717) is 19.8 Å². The third kappa shape index (κ3) is 7.48. The van der Waals surface area contributed by atoms with Gasteiger partial charge in [0.1, 0.15) is 24.4 Å². The maximum Gasteiger partial charge on any atom is 0.186 e. The number of ether oxygens (including phenoxy) is 5. The highest BCUT2D eigenvalue weighted by atomic mass is 16.7. The first kappa shape index (κ1) is 27.5. The molecule has 1 fully saturated rings. The van der Waals surface area contributed by atoms with Crippen LogP contribution in [0.1, 0.15) is 30.5 Å². The van der Waals surface area contributed by atoms with Gasteiger partial charge in [-0.05, 0) is 22.6 Å². The van der Waals surface area contributed by atoms with Crippen molar-refractivity contribution in [1.29, 1.82) is 0 Å². The molecule has 0 aliphatic carbocycles. The first-order chi connectivity index (χ1) is 18.1. The first-order valence-corrected chi connectivity index (χ1v) is 12.9. The molecule has 3 aromatic carbocycles. The highest BCUT2D eigenvalue weighted by molar-refractivity contribution is 5.16. The minimum atomic E-state index is -0.781. The van der Waals surface area contributed by atoms with Crippen LogP contribution in [0.25, 0.3) is 0 Å². The summed E-state index contributed by atoms with van der Waals surface area (Å²) in [6.45, 7) is 5.00. The molecule has 1 N–H and O–H groups in total. The maximum atomic E-state index is 11.2.